The first-order valence-corrected chi connectivity index (χ1v) is 8.72. The van der Waals surface area contributed by atoms with Crippen molar-refractivity contribution in [3.05, 3.63) is 47.5 Å². The van der Waals surface area contributed by atoms with Crippen molar-refractivity contribution in [1.82, 2.24) is 9.88 Å². The molecule has 3 rings (SSSR count). The van der Waals surface area contributed by atoms with E-state index in [1.54, 1.807) is 11.3 Å². The molecule has 1 aromatic carbocycles. The molecule has 122 valence electrons. The minimum Gasteiger partial charge on any atom is -0.477 e. The summed E-state index contributed by atoms with van der Waals surface area (Å²) in [6, 6.07) is 12.0. The van der Waals surface area contributed by atoms with E-state index in [9.17, 15) is 5.26 Å². The Morgan fingerprint density at radius 1 is 1.25 bits per heavy atom. The van der Waals surface area contributed by atoms with Crippen molar-refractivity contribution < 1.29 is 4.74 Å². The van der Waals surface area contributed by atoms with Gasteiger partial charge < -0.3 is 9.64 Å². The zero-order valence-corrected chi connectivity index (χ0v) is 14.6. The highest BCUT2D eigenvalue weighted by molar-refractivity contribution is 7.13. The fourth-order valence-corrected chi connectivity index (χ4v) is 3.40. The second-order valence-corrected chi connectivity index (χ2v) is 6.75. The molecule has 0 fully saturated rings. The minimum atomic E-state index is 0.598. The number of rotatable bonds is 6. The van der Waals surface area contributed by atoms with Gasteiger partial charge in [-0.2, -0.15) is 5.26 Å². The summed E-state index contributed by atoms with van der Waals surface area (Å²) in [5, 5.41) is 13.3. The van der Waals surface area contributed by atoms with Crippen molar-refractivity contribution >= 4 is 22.1 Å². The van der Waals surface area contributed by atoms with Crippen LogP contribution in [-0.2, 0) is 0 Å². The summed E-state index contributed by atoms with van der Waals surface area (Å²) >= 11 is 1.64. The summed E-state index contributed by atoms with van der Waals surface area (Å²) in [6.45, 7) is 1.57. The maximum atomic E-state index is 9.51. The van der Waals surface area contributed by atoms with Crippen LogP contribution in [0, 0.1) is 11.3 Å². The number of benzene rings is 1. The first-order chi connectivity index (χ1) is 11.7. The summed E-state index contributed by atoms with van der Waals surface area (Å²) in [5.41, 5.74) is 1.63. The van der Waals surface area contributed by atoms with E-state index >= 15 is 0 Å². The SMILES string of the molecule is CN(C)CCCOc1ncc(-c2cccs2)c2c(C#N)cccc12. The van der Waals surface area contributed by atoms with E-state index in [1.165, 1.54) is 0 Å². The number of pyridine rings is 1. The van der Waals surface area contributed by atoms with Gasteiger partial charge in [0, 0.05) is 34.0 Å². The zero-order valence-electron chi connectivity index (χ0n) is 13.8. The maximum Gasteiger partial charge on any atom is 0.221 e. The number of ether oxygens (including phenoxy) is 1. The summed E-state index contributed by atoms with van der Waals surface area (Å²) < 4.78 is 5.90. The van der Waals surface area contributed by atoms with Gasteiger partial charge in [-0.1, -0.05) is 12.1 Å². The molecule has 0 saturated carbocycles. The van der Waals surface area contributed by atoms with E-state index in [2.05, 4.69) is 16.0 Å². The van der Waals surface area contributed by atoms with E-state index in [0.717, 1.165) is 34.2 Å². The summed E-state index contributed by atoms with van der Waals surface area (Å²) in [6.07, 6.45) is 2.75. The highest BCUT2D eigenvalue weighted by Crippen LogP contribution is 2.36. The number of nitrogens with zero attached hydrogens (tertiary/aromatic N) is 3. The molecule has 4 nitrogen and oxygen atoms in total. The lowest BCUT2D eigenvalue weighted by atomic mass is 10.0. The molecule has 0 aliphatic heterocycles. The number of nitriles is 1. The molecule has 0 saturated heterocycles. The van der Waals surface area contributed by atoms with Crippen LogP contribution in [0.5, 0.6) is 5.88 Å². The van der Waals surface area contributed by atoms with Gasteiger partial charge in [0.05, 0.1) is 18.2 Å². The molecule has 3 aromatic rings. The predicted octanol–water partition coefficient (Wildman–Crippen LogP) is 4.17. The first kappa shape index (κ1) is 16.4. The standard InChI is InChI=1S/C19H19N3OS/c1-22(2)9-5-10-23-19-15-7-3-6-14(12-20)18(15)16(13-21-19)17-8-4-11-24-17/h3-4,6-8,11,13H,5,9-10H2,1-2H3. The number of hydrogen-bond acceptors (Lipinski definition) is 5. The molecular weight excluding hydrogens is 318 g/mol. The van der Waals surface area contributed by atoms with Crippen molar-refractivity contribution in [2.75, 3.05) is 27.2 Å². The second-order valence-electron chi connectivity index (χ2n) is 5.80. The molecule has 0 N–H and O–H groups in total. The molecule has 0 amide bonds. The smallest absolute Gasteiger partial charge is 0.221 e. The molecule has 0 aliphatic rings. The van der Waals surface area contributed by atoms with Crippen molar-refractivity contribution in [3.8, 4) is 22.4 Å². The number of aromatic nitrogens is 1. The van der Waals surface area contributed by atoms with E-state index in [4.69, 9.17) is 4.74 Å². The normalized spacial score (nSPS) is 10.9. The van der Waals surface area contributed by atoms with Crippen LogP contribution in [-0.4, -0.2) is 37.1 Å². The van der Waals surface area contributed by atoms with Crippen LogP contribution in [0.15, 0.2) is 41.9 Å². The molecule has 5 heteroatoms. The summed E-state index contributed by atoms with van der Waals surface area (Å²) in [5.74, 6) is 0.598. The molecule has 24 heavy (non-hydrogen) atoms. The Labute approximate surface area is 145 Å². The molecule has 2 heterocycles. The average Bonchev–Trinajstić information content (AvgIpc) is 3.12. The lowest BCUT2D eigenvalue weighted by Crippen LogP contribution is -2.15. The van der Waals surface area contributed by atoms with Gasteiger partial charge in [0.15, 0.2) is 0 Å². The zero-order chi connectivity index (χ0) is 16.9. The van der Waals surface area contributed by atoms with E-state index < -0.39 is 0 Å². The van der Waals surface area contributed by atoms with E-state index in [-0.39, 0.29) is 0 Å². The highest BCUT2D eigenvalue weighted by atomic mass is 32.1. The third-order valence-electron chi connectivity index (χ3n) is 3.77. The van der Waals surface area contributed by atoms with Crippen LogP contribution in [0.2, 0.25) is 0 Å². The monoisotopic (exact) mass is 337 g/mol. The lowest BCUT2D eigenvalue weighted by molar-refractivity contribution is 0.276. The molecule has 0 bridgehead atoms. The Balaban J connectivity index is 2.01. The van der Waals surface area contributed by atoms with Crippen molar-refractivity contribution in [3.63, 3.8) is 0 Å². The quantitative estimate of drug-likeness (QED) is 0.634. The van der Waals surface area contributed by atoms with Crippen LogP contribution < -0.4 is 4.74 Å². The Kier molecular flexibility index (Phi) is 5.09. The van der Waals surface area contributed by atoms with Crippen LogP contribution in [0.3, 0.4) is 0 Å². The molecule has 0 unspecified atom stereocenters. The van der Waals surface area contributed by atoms with Gasteiger partial charge in [0.1, 0.15) is 0 Å². The fraction of sp³-hybridized carbons (Fsp3) is 0.263. The highest BCUT2D eigenvalue weighted by Gasteiger charge is 2.14. The van der Waals surface area contributed by atoms with Crippen molar-refractivity contribution in [2.24, 2.45) is 0 Å². The lowest BCUT2D eigenvalue weighted by Gasteiger charge is -2.13. The van der Waals surface area contributed by atoms with Gasteiger partial charge in [-0.3, -0.25) is 0 Å². The summed E-state index contributed by atoms with van der Waals surface area (Å²) in [7, 11) is 4.09. The van der Waals surface area contributed by atoms with Crippen LogP contribution in [0.25, 0.3) is 21.2 Å². The Bertz CT molecular complexity index is 866. The second kappa shape index (κ2) is 7.43. The Morgan fingerprint density at radius 2 is 2.12 bits per heavy atom. The Morgan fingerprint density at radius 3 is 2.83 bits per heavy atom. The van der Waals surface area contributed by atoms with Crippen molar-refractivity contribution in [2.45, 2.75) is 6.42 Å². The van der Waals surface area contributed by atoms with Crippen LogP contribution >= 0.6 is 11.3 Å². The maximum absolute atomic E-state index is 9.51. The largest absolute Gasteiger partial charge is 0.477 e. The number of thiophene rings is 1. The predicted molar refractivity (Wildman–Crippen MR) is 98.4 cm³/mol. The topological polar surface area (TPSA) is 49.1 Å². The Hall–Kier alpha value is -2.42. The molecular formula is C19H19N3OS. The first-order valence-electron chi connectivity index (χ1n) is 7.84. The fourth-order valence-electron chi connectivity index (χ4n) is 2.65. The van der Waals surface area contributed by atoms with E-state index in [1.807, 2.05) is 56.0 Å². The van der Waals surface area contributed by atoms with Crippen LogP contribution in [0.1, 0.15) is 12.0 Å². The molecule has 0 atom stereocenters. The third-order valence-corrected chi connectivity index (χ3v) is 4.67. The van der Waals surface area contributed by atoms with E-state index in [0.29, 0.717) is 18.1 Å². The van der Waals surface area contributed by atoms with Gasteiger partial charge in [-0.15, -0.1) is 11.3 Å². The van der Waals surface area contributed by atoms with Gasteiger partial charge in [0.2, 0.25) is 5.88 Å². The van der Waals surface area contributed by atoms with Gasteiger partial charge in [0.25, 0.3) is 0 Å². The summed E-state index contributed by atoms with van der Waals surface area (Å²) in [4.78, 5) is 7.75. The minimum absolute atomic E-state index is 0.598. The third kappa shape index (κ3) is 3.40. The molecule has 0 spiro atoms. The molecule has 0 radical (unpaired) electrons. The molecule has 0 aliphatic carbocycles. The van der Waals surface area contributed by atoms with Gasteiger partial charge in [-0.05, 0) is 44.1 Å². The average molecular weight is 337 g/mol. The van der Waals surface area contributed by atoms with Gasteiger partial charge in [-0.25, -0.2) is 4.98 Å². The molecule has 2 aromatic heterocycles. The van der Waals surface area contributed by atoms with Crippen LogP contribution in [0.4, 0.5) is 0 Å². The number of hydrogen-bond donors (Lipinski definition) is 0. The van der Waals surface area contributed by atoms with Crippen molar-refractivity contribution in [1.29, 1.82) is 5.26 Å². The van der Waals surface area contributed by atoms with Gasteiger partial charge >= 0.3 is 0 Å². The number of fused-ring (bicyclic) bond motifs is 1.